The third-order valence-corrected chi connectivity index (χ3v) is 2.21. The highest BCUT2D eigenvalue weighted by molar-refractivity contribution is 5.48. The van der Waals surface area contributed by atoms with E-state index >= 15 is 0 Å². The molecule has 1 aromatic rings. The summed E-state index contributed by atoms with van der Waals surface area (Å²) in [7, 11) is 0. The highest BCUT2D eigenvalue weighted by atomic mass is 16.6. The van der Waals surface area contributed by atoms with E-state index in [1.165, 1.54) is 12.1 Å². The normalized spacial score (nSPS) is 9.84. The van der Waals surface area contributed by atoms with Crippen molar-refractivity contribution in [2.45, 2.75) is 0 Å². The van der Waals surface area contributed by atoms with Gasteiger partial charge in [0.25, 0.3) is 5.69 Å². The number of rotatable bonds is 9. The van der Waals surface area contributed by atoms with Crippen molar-refractivity contribution >= 4 is 11.4 Å². The van der Waals surface area contributed by atoms with Crippen molar-refractivity contribution < 1.29 is 14.4 Å². The highest BCUT2D eigenvalue weighted by Gasteiger charge is 2.02. The summed E-state index contributed by atoms with van der Waals surface area (Å²) in [6.07, 6.45) is 5.02. The molecule has 19 heavy (non-hydrogen) atoms. The standard InChI is InChI=1S/C13H16N2O4/c1-2-8-18-10-11-19-9-7-14-12-3-5-13(6-4-12)15(16)17/h1,3-6,14H,7-11H2. The smallest absolute Gasteiger partial charge is 0.269 e. The molecule has 1 N–H and O–H groups in total. The molecule has 1 rings (SSSR count). The second kappa shape index (κ2) is 8.91. The number of benzene rings is 1. The molecule has 0 fully saturated rings. The fraction of sp³-hybridized carbons (Fsp3) is 0.385. The van der Waals surface area contributed by atoms with Gasteiger partial charge < -0.3 is 14.8 Å². The number of nitrogens with zero attached hydrogens (tertiary/aromatic N) is 1. The van der Waals surface area contributed by atoms with Gasteiger partial charge in [-0.05, 0) is 12.1 Å². The van der Waals surface area contributed by atoms with Gasteiger partial charge >= 0.3 is 0 Å². The Balaban J connectivity index is 2.09. The zero-order valence-electron chi connectivity index (χ0n) is 10.5. The minimum atomic E-state index is -0.427. The van der Waals surface area contributed by atoms with Crippen LogP contribution in [0.15, 0.2) is 24.3 Å². The third-order valence-electron chi connectivity index (χ3n) is 2.21. The Kier molecular flexibility index (Phi) is 7.02. The number of nitro benzene ring substituents is 1. The molecule has 6 heteroatoms. The van der Waals surface area contributed by atoms with E-state index in [-0.39, 0.29) is 5.69 Å². The lowest BCUT2D eigenvalue weighted by Crippen LogP contribution is -2.12. The van der Waals surface area contributed by atoms with Gasteiger partial charge in [0.2, 0.25) is 0 Å². The molecule has 0 unspecified atom stereocenters. The first kappa shape index (κ1) is 15.0. The number of ether oxygens (including phenoxy) is 2. The maximum Gasteiger partial charge on any atom is 0.269 e. The van der Waals surface area contributed by atoms with Crippen molar-refractivity contribution in [2.75, 3.05) is 38.3 Å². The first-order valence-electron chi connectivity index (χ1n) is 5.81. The number of hydrogen-bond acceptors (Lipinski definition) is 5. The lowest BCUT2D eigenvalue weighted by atomic mass is 10.3. The van der Waals surface area contributed by atoms with Crippen LogP contribution in [0, 0.1) is 22.5 Å². The summed E-state index contributed by atoms with van der Waals surface area (Å²) in [5, 5.41) is 13.6. The SMILES string of the molecule is C#CCOCCOCCNc1ccc([N+](=O)[O-])cc1. The highest BCUT2D eigenvalue weighted by Crippen LogP contribution is 2.14. The van der Waals surface area contributed by atoms with Crippen LogP contribution >= 0.6 is 0 Å². The largest absolute Gasteiger partial charge is 0.383 e. The number of nitrogens with one attached hydrogen (secondary N) is 1. The van der Waals surface area contributed by atoms with E-state index in [0.29, 0.717) is 33.0 Å². The predicted molar refractivity (Wildman–Crippen MR) is 72.1 cm³/mol. The fourth-order valence-corrected chi connectivity index (χ4v) is 1.32. The molecular formula is C13H16N2O4. The van der Waals surface area contributed by atoms with Gasteiger partial charge in [-0.3, -0.25) is 10.1 Å². The predicted octanol–water partition coefficient (Wildman–Crippen LogP) is 1.67. The molecule has 0 saturated heterocycles. The molecule has 0 amide bonds. The molecule has 0 bridgehead atoms. The minimum Gasteiger partial charge on any atom is -0.383 e. The quantitative estimate of drug-likeness (QED) is 0.318. The van der Waals surface area contributed by atoms with E-state index in [4.69, 9.17) is 15.9 Å². The fourth-order valence-electron chi connectivity index (χ4n) is 1.32. The molecule has 102 valence electrons. The molecule has 0 saturated carbocycles. The van der Waals surface area contributed by atoms with E-state index in [1.807, 2.05) is 0 Å². The summed E-state index contributed by atoms with van der Waals surface area (Å²) in [5.41, 5.74) is 0.894. The first-order chi connectivity index (χ1) is 9.24. The van der Waals surface area contributed by atoms with Crippen LogP contribution < -0.4 is 5.32 Å². The van der Waals surface area contributed by atoms with Crippen molar-refractivity contribution in [1.29, 1.82) is 0 Å². The monoisotopic (exact) mass is 264 g/mol. The maximum atomic E-state index is 10.5. The second-order valence-electron chi connectivity index (χ2n) is 3.60. The van der Waals surface area contributed by atoms with Crippen LogP contribution in [-0.4, -0.2) is 37.9 Å². The summed E-state index contributed by atoms with van der Waals surface area (Å²) in [6.45, 7) is 2.40. The molecule has 0 aromatic heterocycles. The maximum absolute atomic E-state index is 10.5. The van der Waals surface area contributed by atoms with E-state index in [0.717, 1.165) is 5.69 Å². The van der Waals surface area contributed by atoms with Gasteiger partial charge in [0.1, 0.15) is 6.61 Å². The summed E-state index contributed by atoms with van der Waals surface area (Å²) in [4.78, 5) is 10.0. The Bertz CT molecular complexity index is 425. The Hall–Kier alpha value is -2.10. The Labute approximate surface area is 111 Å². The number of hydrogen-bond donors (Lipinski definition) is 1. The van der Waals surface area contributed by atoms with Crippen molar-refractivity contribution in [2.24, 2.45) is 0 Å². The van der Waals surface area contributed by atoms with Crippen LogP contribution in [0.4, 0.5) is 11.4 Å². The van der Waals surface area contributed by atoms with Crippen molar-refractivity contribution in [1.82, 2.24) is 0 Å². The van der Waals surface area contributed by atoms with Crippen LogP contribution in [-0.2, 0) is 9.47 Å². The summed E-state index contributed by atoms with van der Waals surface area (Å²) >= 11 is 0. The average molecular weight is 264 g/mol. The average Bonchev–Trinajstić information content (AvgIpc) is 2.42. The van der Waals surface area contributed by atoms with Crippen molar-refractivity contribution in [3.05, 3.63) is 34.4 Å². The molecule has 0 aliphatic carbocycles. The zero-order valence-corrected chi connectivity index (χ0v) is 10.5. The molecule has 0 atom stereocenters. The van der Waals surface area contributed by atoms with Gasteiger partial charge in [0.05, 0.1) is 24.7 Å². The van der Waals surface area contributed by atoms with E-state index in [2.05, 4.69) is 11.2 Å². The molecular weight excluding hydrogens is 248 g/mol. The molecule has 0 heterocycles. The van der Waals surface area contributed by atoms with Crippen LogP contribution in [0.25, 0.3) is 0 Å². The third kappa shape index (κ3) is 6.41. The van der Waals surface area contributed by atoms with Gasteiger partial charge in [-0.2, -0.15) is 0 Å². The number of nitro groups is 1. The molecule has 6 nitrogen and oxygen atoms in total. The van der Waals surface area contributed by atoms with E-state index in [1.54, 1.807) is 12.1 Å². The molecule has 0 aliphatic heterocycles. The minimum absolute atomic E-state index is 0.0764. The molecule has 0 spiro atoms. The zero-order chi connectivity index (χ0) is 13.9. The Morgan fingerprint density at radius 2 is 1.89 bits per heavy atom. The van der Waals surface area contributed by atoms with E-state index < -0.39 is 4.92 Å². The second-order valence-corrected chi connectivity index (χ2v) is 3.60. The lowest BCUT2D eigenvalue weighted by molar-refractivity contribution is -0.384. The van der Waals surface area contributed by atoms with Crippen molar-refractivity contribution in [3.63, 3.8) is 0 Å². The Morgan fingerprint density at radius 1 is 1.21 bits per heavy atom. The summed E-state index contributed by atoms with van der Waals surface area (Å²) < 4.78 is 10.3. The number of anilines is 1. The lowest BCUT2D eigenvalue weighted by Gasteiger charge is -2.07. The van der Waals surface area contributed by atoms with Gasteiger partial charge in [-0.25, -0.2) is 0 Å². The van der Waals surface area contributed by atoms with Crippen LogP contribution in [0.1, 0.15) is 0 Å². The topological polar surface area (TPSA) is 73.6 Å². The van der Waals surface area contributed by atoms with Crippen LogP contribution in [0.2, 0.25) is 0 Å². The van der Waals surface area contributed by atoms with Gasteiger partial charge in [0, 0.05) is 24.4 Å². The molecule has 1 aromatic carbocycles. The molecule has 0 radical (unpaired) electrons. The molecule has 0 aliphatic rings. The summed E-state index contributed by atoms with van der Waals surface area (Å²) in [6, 6.07) is 6.23. The van der Waals surface area contributed by atoms with Crippen molar-refractivity contribution in [3.8, 4) is 12.3 Å². The van der Waals surface area contributed by atoms with Crippen LogP contribution in [0.3, 0.4) is 0 Å². The van der Waals surface area contributed by atoms with Crippen LogP contribution in [0.5, 0.6) is 0 Å². The van der Waals surface area contributed by atoms with Gasteiger partial charge in [-0.15, -0.1) is 6.42 Å². The Morgan fingerprint density at radius 3 is 2.53 bits per heavy atom. The first-order valence-corrected chi connectivity index (χ1v) is 5.81. The van der Waals surface area contributed by atoms with E-state index in [9.17, 15) is 10.1 Å². The van der Waals surface area contributed by atoms with Gasteiger partial charge in [-0.1, -0.05) is 5.92 Å². The summed E-state index contributed by atoms with van der Waals surface area (Å²) in [5.74, 6) is 2.37. The number of terminal acetylenes is 1. The number of non-ortho nitro benzene ring substituents is 1. The van der Waals surface area contributed by atoms with Gasteiger partial charge in [0.15, 0.2) is 0 Å².